The Labute approximate surface area is 178 Å². The topological polar surface area (TPSA) is 75.2 Å². The van der Waals surface area contributed by atoms with Crippen LogP contribution in [0.1, 0.15) is 31.7 Å². The van der Waals surface area contributed by atoms with E-state index in [9.17, 15) is 8.42 Å². The van der Waals surface area contributed by atoms with Crippen molar-refractivity contribution in [3.63, 3.8) is 0 Å². The molecule has 1 aliphatic heterocycles. The van der Waals surface area contributed by atoms with Crippen molar-refractivity contribution in [3.8, 4) is 11.3 Å². The van der Waals surface area contributed by atoms with Gasteiger partial charge in [-0.2, -0.15) is 0 Å². The first-order chi connectivity index (χ1) is 14.5. The first kappa shape index (κ1) is 20.3. The van der Waals surface area contributed by atoms with E-state index in [0.717, 1.165) is 36.5 Å². The molecule has 1 saturated heterocycles. The molecule has 3 aromatic rings. The van der Waals surface area contributed by atoms with E-state index in [4.69, 9.17) is 0 Å². The van der Waals surface area contributed by atoms with Crippen molar-refractivity contribution in [1.82, 2.24) is 10.2 Å². The summed E-state index contributed by atoms with van der Waals surface area (Å²) in [6.07, 6.45) is 4.51. The Morgan fingerprint density at radius 2 is 1.70 bits per heavy atom. The van der Waals surface area contributed by atoms with E-state index in [1.165, 1.54) is 19.3 Å². The summed E-state index contributed by atoms with van der Waals surface area (Å²) in [6, 6.07) is 18.1. The normalized spacial score (nSPS) is 14.5. The average Bonchev–Trinajstić information content (AvgIpc) is 2.80. The molecule has 30 heavy (non-hydrogen) atoms. The zero-order valence-corrected chi connectivity index (χ0v) is 17.9. The summed E-state index contributed by atoms with van der Waals surface area (Å²) in [5, 5.41) is 8.75. The van der Waals surface area contributed by atoms with Crippen LogP contribution < -0.4 is 9.62 Å². The molecule has 4 rings (SSSR count). The highest BCUT2D eigenvalue weighted by atomic mass is 32.2. The second kappa shape index (κ2) is 8.83. The minimum absolute atomic E-state index is 0.246. The molecule has 1 aromatic heterocycles. The van der Waals surface area contributed by atoms with Crippen LogP contribution in [-0.4, -0.2) is 31.7 Å². The molecule has 2 heterocycles. The fourth-order valence-corrected chi connectivity index (χ4v) is 4.68. The maximum Gasteiger partial charge on any atom is 0.261 e. The summed E-state index contributed by atoms with van der Waals surface area (Å²) in [5.74, 6) is 0.894. The fraction of sp³-hybridized carbons (Fsp3) is 0.304. The lowest BCUT2D eigenvalue weighted by molar-refractivity contribution is 0.571. The predicted molar refractivity (Wildman–Crippen MR) is 120 cm³/mol. The highest BCUT2D eigenvalue weighted by Crippen LogP contribution is 2.24. The standard InChI is InChI=1S/C23H26N4O2S/c1-2-18-9-11-21(12-10-18)30(28,29)26-20-8-6-7-19(17-20)22-13-14-23(25-24-22)27-15-4-3-5-16-27/h6-14,17,26H,2-5,15-16H2,1H3. The summed E-state index contributed by atoms with van der Waals surface area (Å²) in [4.78, 5) is 2.50. The first-order valence-corrected chi connectivity index (χ1v) is 11.8. The van der Waals surface area contributed by atoms with E-state index in [1.807, 2.05) is 43.3 Å². The van der Waals surface area contributed by atoms with Crippen molar-refractivity contribution in [3.05, 3.63) is 66.2 Å². The van der Waals surface area contributed by atoms with Crippen LogP contribution >= 0.6 is 0 Å². The quantitative estimate of drug-likeness (QED) is 0.633. The summed E-state index contributed by atoms with van der Waals surface area (Å²) in [5.41, 5.74) is 3.12. The Morgan fingerprint density at radius 1 is 0.933 bits per heavy atom. The van der Waals surface area contributed by atoms with Gasteiger partial charge in [0.05, 0.1) is 10.6 Å². The zero-order valence-electron chi connectivity index (χ0n) is 17.1. The highest BCUT2D eigenvalue weighted by molar-refractivity contribution is 7.92. The summed E-state index contributed by atoms with van der Waals surface area (Å²) in [7, 11) is -3.65. The van der Waals surface area contributed by atoms with E-state index < -0.39 is 10.0 Å². The number of anilines is 2. The van der Waals surface area contributed by atoms with Crippen LogP contribution in [0.25, 0.3) is 11.3 Å². The van der Waals surface area contributed by atoms with Crippen molar-refractivity contribution in [2.75, 3.05) is 22.7 Å². The molecular weight excluding hydrogens is 396 g/mol. The van der Waals surface area contributed by atoms with Crippen molar-refractivity contribution in [2.45, 2.75) is 37.5 Å². The SMILES string of the molecule is CCc1ccc(S(=O)(=O)Nc2cccc(-c3ccc(N4CCCCC4)nn3)c2)cc1. The molecule has 0 unspecified atom stereocenters. The molecular formula is C23H26N4O2S. The smallest absolute Gasteiger partial charge is 0.261 e. The van der Waals surface area contributed by atoms with Gasteiger partial charge in [0.15, 0.2) is 5.82 Å². The van der Waals surface area contributed by atoms with Crippen molar-refractivity contribution in [1.29, 1.82) is 0 Å². The lowest BCUT2D eigenvalue weighted by atomic mass is 10.1. The molecule has 0 bridgehead atoms. The van der Waals surface area contributed by atoms with Gasteiger partial charge in [0, 0.05) is 24.3 Å². The van der Waals surface area contributed by atoms with Crippen molar-refractivity contribution < 1.29 is 8.42 Å². The van der Waals surface area contributed by atoms with Gasteiger partial charge in [-0.1, -0.05) is 31.2 Å². The van der Waals surface area contributed by atoms with Gasteiger partial charge in [0.1, 0.15) is 0 Å². The summed E-state index contributed by atoms with van der Waals surface area (Å²) >= 11 is 0. The molecule has 7 heteroatoms. The van der Waals surface area contributed by atoms with Crippen LogP contribution in [0.3, 0.4) is 0 Å². The van der Waals surface area contributed by atoms with E-state index in [0.29, 0.717) is 11.4 Å². The van der Waals surface area contributed by atoms with Gasteiger partial charge in [0.25, 0.3) is 10.0 Å². The van der Waals surface area contributed by atoms with Gasteiger partial charge in [0.2, 0.25) is 0 Å². The molecule has 0 spiro atoms. The molecule has 156 valence electrons. The number of benzene rings is 2. The summed E-state index contributed by atoms with van der Waals surface area (Å²) in [6.45, 7) is 4.07. The molecule has 2 aromatic carbocycles. The third kappa shape index (κ3) is 4.62. The van der Waals surface area contributed by atoms with Gasteiger partial charge in [-0.05, 0) is 67.6 Å². The summed E-state index contributed by atoms with van der Waals surface area (Å²) < 4.78 is 28.1. The molecule has 6 nitrogen and oxygen atoms in total. The largest absolute Gasteiger partial charge is 0.355 e. The lowest BCUT2D eigenvalue weighted by Crippen LogP contribution is -2.30. The predicted octanol–water partition coefficient (Wildman–Crippen LogP) is 4.50. The monoisotopic (exact) mass is 422 g/mol. The van der Waals surface area contributed by atoms with Crippen LogP contribution in [-0.2, 0) is 16.4 Å². The number of hydrogen-bond acceptors (Lipinski definition) is 5. The number of piperidine rings is 1. The number of rotatable bonds is 6. The zero-order chi connectivity index (χ0) is 21.0. The lowest BCUT2D eigenvalue weighted by Gasteiger charge is -2.27. The van der Waals surface area contributed by atoms with Crippen molar-refractivity contribution >= 4 is 21.5 Å². The minimum Gasteiger partial charge on any atom is -0.355 e. The van der Waals surface area contributed by atoms with Crippen LogP contribution in [0.5, 0.6) is 0 Å². The van der Waals surface area contributed by atoms with Gasteiger partial charge in [-0.25, -0.2) is 8.42 Å². The van der Waals surface area contributed by atoms with Crippen LogP contribution in [0, 0.1) is 0 Å². The second-order valence-electron chi connectivity index (χ2n) is 7.51. The first-order valence-electron chi connectivity index (χ1n) is 10.4. The Balaban J connectivity index is 1.52. The van der Waals surface area contributed by atoms with E-state index in [-0.39, 0.29) is 4.90 Å². The number of hydrogen-bond donors (Lipinski definition) is 1. The number of aromatic nitrogens is 2. The van der Waals surface area contributed by atoms with Gasteiger partial charge >= 0.3 is 0 Å². The maximum absolute atomic E-state index is 12.7. The van der Waals surface area contributed by atoms with Gasteiger partial charge in [-0.3, -0.25) is 4.72 Å². The van der Waals surface area contributed by atoms with Crippen LogP contribution in [0.4, 0.5) is 11.5 Å². The third-order valence-corrected chi connectivity index (χ3v) is 6.78. The van der Waals surface area contributed by atoms with Crippen LogP contribution in [0.2, 0.25) is 0 Å². The second-order valence-corrected chi connectivity index (χ2v) is 9.19. The molecule has 1 aliphatic rings. The van der Waals surface area contributed by atoms with Crippen LogP contribution in [0.15, 0.2) is 65.6 Å². The molecule has 0 saturated carbocycles. The number of sulfonamides is 1. The maximum atomic E-state index is 12.7. The Morgan fingerprint density at radius 3 is 2.37 bits per heavy atom. The average molecular weight is 423 g/mol. The van der Waals surface area contributed by atoms with Gasteiger partial charge < -0.3 is 4.90 Å². The Hall–Kier alpha value is -2.93. The molecule has 0 aliphatic carbocycles. The van der Waals surface area contributed by atoms with E-state index >= 15 is 0 Å². The third-order valence-electron chi connectivity index (χ3n) is 5.38. The highest BCUT2D eigenvalue weighted by Gasteiger charge is 2.15. The Kier molecular flexibility index (Phi) is 5.99. The number of nitrogens with one attached hydrogen (secondary N) is 1. The van der Waals surface area contributed by atoms with Crippen molar-refractivity contribution in [2.24, 2.45) is 0 Å². The number of nitrogens with zero attached hydrogens (tertiary/aromatic N) is 3. The molecule has 1 fully saturated rings. The van der Waals surface area contributed by atoms with Gasteiger partial charge in [-0.15, -0.1) is 10.2 Å². The minimum atomic E-state index is -3.65. The van der Waals surface area contributed by atoms with E-state index in [2.05, 4.69) is 19.8 Å². The molecule has 1 N–H and O–H groups in total. The molecule has 0 atom stereocenters. The molecule has 0 radical (unpaired) electrons. The number of aryl methyl sites for hydroxylation is 1. The fourth-order valence-electron chi connectivity index (χ4n) is 3.63. The molecule has 0 amide bonds. The van der Waals surface area contributed by atoms with E-state index in [1.54, 1.807) is 24.3 Å². The Bertz CT molecular complexity index is 1090.